The lowest BCUT2D eigenvalue weighted by Gasteiger charge is -2.28. The van der Waals surface area contributed by atoms with Crippen molar-refractivity contribution in [1.29, 1.82) is 0 Å². The van der Waals surface area contributed by atoms with Crippen LogP contribution in [0.25, 0.3) is 0 Å². The number of nitrogens with one attached hydrogen (secondary N) is 1. The first-order chi connectivity index (χ1) is 8.79. The molecule has 2 fully saturated rings. The van der Waals surface area contributed by atoms with E-state index in [4.69, 9.17) is 9.47 Å². The van der Waals surface area contributed by atoms with Gasteiger partial charge in [-0.25, -0.2) is 4.79 Å². The van der Waals surface area contributed by atoms with Crippen LogP contribution in [-0.2, 0) is 4.74 Å². The highest BCUT2D eigenvalue weighted by Crippen LogP contribution is 2.31. The first-order valence-corrected chi connectivity index (χ1v) is 6.14. The second-order valence-electron chi connectivity index (χ2n) is 4.55. The lowest BCUT2D eigenvalue weighted by Crippen LogP contribution is -2.49. The topological polar surface area (TPSA) is 50.8 Å². The number of rotatable bonds is 2. The van der Waals surface area contributed by atoms with Crippen LogP contribution >= 0.6 is 0 Å². The van der Waals surface area contributed by atoms with Gasteiger partial charge in [0.2, 0.25) is 0 Å². The quantitative estimate of drug-likeness (QED) is 0.859. The molecule has 2 atom stereocenters. The van der Waals surface area contributed by atoms with Gasteiger partial charge in [0.1, 0.15) is 11.9 Å². The molecule has 2 saturated heterocycles. The number of hydrogen-bond acceptors (Lipinski definition) is 4. The summed E-state index contributed by atoms with van der Waals surface area (Å²) < 4.78 is 10.6. The van der Waals surface area contributed by atoms with Crippen LogP contribution < -0.4 is 15.0 Å². The van der Waals surface area contributed by atoms with Crippen LogP contribution in [0.1, 0.15) is 6.42 Å². The summed E-state index contributed by atoms with van der Waals surface area (Å²) in [5.41, 5.74) is 0.829. The third-order valence-corrected chi connectivity index (χ3v) is 3.50. The van der Waals surface area contributed by atoms with Crippen LogP contribution in [0.15, 0.2) is 24.3 Å². The van der Waals surface area contributed by atoms with Crippen molar-refractivity contribution in [1.82, 2.24) is 5.32 Å². The van der Waals surface area contributed by atoms with Gasteiger partial charge in [0.25, 0.3) is 0 Å². The van der Waals surface area contributed by atoms with Gasteiger partial charge in [-0.2, -0.15) is 0 Å². The van der Waals surface area contributed by atoms with Gasteiger partial charge < -0.3 is 14.8 Å². The van der Waals surface area contributed by atoms with Crippen LogP contribution in [0, 0.1) is 0 Å². The maximum absolute atomic E-state index is 12.0. The highest BCUT2D eigenvalue weighted by molar-refractivity contribution is 5.91. The number of fused-ring (bicyclic) bond motifs is 1. The van der Waals surface area contributed by atoms with Gasteiger partial charge in [-0.1, -0.05) is 6.07 Å². The molecule has 0 spiro atoms. The molecule has 0 saturated carbocycles. The average Bonchev–Trinajstić information content (AvgIpc) is 2.74. The number of anilines is 1. The Morgan fingerprint density at radius 1 is 1.50 bits per heavy atom. The molecule has 0 radical (unpaired) electrons. The second kappa shape index (κ2) is 4.49. The van der Waals surface area contributed by atoms with Gasteiger partial charge in [-0.05, 0) is 25.1 Å². The molecule has 2 unspecified atom stereocenters. The van der Waals surface area contributed by atoms with E-state index in [1.165, 1.54) is 0 Å². The largest absolute Gasteiger partial charge is 0.497 e. The summed E-state index contributed by atoms with van der Waals surface area (Å²) in [6.07, 6.45) is 0.614. The Bertz CT molecular complexity index is 463. The number of piperidine rings is 1. The van der Waals surface area contributed by atoms with Crippen molar-refractivity contribution in [3.63, 3.8) is 0 Å². The summed E-state index contributed by atoms with van der Waals surface area (Å²) in [6, 6.07) is 7.59. The fraction of sp³-hybridized carbons (Fsp3) is 0.462. The van der Waals surface area contributed by atoms with Gasteiger partial charge in [-0.3, -0.25) is 4.90 Å². The molecule has 2 aliphatic heterocycles. The van der Waals surface area contributed by atoms with E-state index in [9.17, 15) is 4.79 Å². The summed E-state index contributed by atoms with van der Waals surface area (Å²) in [6.45, 7) is 1.67. The lowest BCUT2D eigenvalue weighted by molar-refractivity contribution is 0.117. The Kier molecular flexibility index (Phi) is 2.83. The summed E-state index contributed by atoms with van der Waals surface area (Å²) in [5, 5.41) is 3.30. The fourth-order valence-electron chi connectivity index (χ4n) is 2.59. The number of carbonyl (C=O) groups is 1. The smallest absolute Gasteiger partial charge is 0.415 e. The molecule has 2 heterocycles. The minimum atomic E-state index is -0.262. The first-order valence-electron chi connectivity index (χ1n) is 6.14. The van der Waals surface area contributed by atoms with E-state index in [-0.39, 0.29) is 18.2 Å². The van der Waals surface area contributed by atoms with Gasteiger partial charge >= 0.3 is 6.09 Å². The highest BCUT2D eigenvalue weighted by Gasteiger charge is 2.43. The van der Waals surface area contributed by atoms with E-state index >= 15 is 0 Å². The Morgan fingerprint density at radius 3 is 3.22 bits per heavy atom. The van der Waals surface area contributed by atoms with E-state index < -0.39 is 0 Å². The van der Waals surface area contributed by atoms with Crippen molar-refractivity contribution in [2.75, 3.05) is 25.1 Å². The Balaban J connectivity index is 1.91. The maximum atomic E-state index is 12.0. The third-order valence-electron chi connectivity index (χ3n) is 3.50. The Morgan fingerprint density at radius 2 is 2.39 bits per heavy atom. The van der Waals surface area contributed by atoms with Crippen molar-refractivity contribution in [2.24, 2.45) is 0 Å². The van der Waals surface area contributed by atoms with Crippen molar-refractivity contribution in [2.45, 2.75) is 18.6 Å². The molecule has 5 nitrogen and oxygen atoms in total. The summed E-state index contributed by atoms with van der Waals surface area (Å²) >= 11 is 0. The van der Waals surface area contributed by atoms with Crippen LogP contribution in [0.5, 0.6) is 5.75 Å². The molecule has 0 bridgehead atoms. The van der Waals surface area contributed by atoms with Crippen molar-refractivity contribution in [3.05, 3.63) is 24.3 Å². The monoisotopic (exact) mass is 248 g/mol. The summed E-state index contributed by atoms with van der Waals surface area (Å²) in [5.74, 6) is 0.743. The summed E-state index contributed by atoms with van der Waals surface area (Å²) in [7, 11) is 1.62. The SMILES string of the molecule is COc1cccc(N2C(=O)OC3CCNCC32)c1. The standard InChI is InChI=1S/C13H16N2O3/c1-17-10-4-2-3-9(7-10)15-11-8-14-6-5-12(11)18-13(15)16/h2-4,7,11-12,14H,5-6,8H2,1H3. The molecule has 5 heteroatoms. The van der Waals surface area contributed by atoms with Gasteiger partial charge in [0.15, 0.2) is 0 Å². The predicted molar refractivity (Wildman–Crippen MR) is 67.0 cm³/mol. The average molecular weight is 248 g/mol. The predicted octanol–water partition coefficient (Wildman–Crippen LogP) is 1.38. The molecule has 96 valence electrons. The molecular weight excluding hydrogens is 232 g/mol. The summed E-state index contributed by atoms with van der Waals surface area (Å²) in [4.78, 5) is 13.7. The van der Waals surface area contributed by atoms with Gasteiger partial charge in [0.05, 0.1) is 18.8 Å². The number of carbonyl (C=O) groups excluding carboxylic acids is 1. The normalized spacial score (nSPS) is 26.7. The molecule has 1 aromatic rings. The number of methoxy groups -OCH3 is 1. The molecule has 3 rings (SSSR count). The second-order valence-corrected chi connectivity index (χ2v) is 4.55. The molecule has 0 aliphatic carbocycles. The van der Waals surface area contributed by atoms with Gasteiger partial charge in [0, 0.05) is 12.6 Å². The molecule has 2 aliphatic rings. The molecule has 18 heavy (non-hydrogen) atoms. The molecule has 0 aromatic heterocycles. The minimum absolute atomic E-state index is 0.00458. The Hall–Kier alpha value is -1.75. The molecule has 1 amide bonds. The van der Waals surface area contributed by atoms with Crippen molar-refractivity contribution >= 4 is 11.8 Å². The van der Waals surface area contributed by atoms with Crippen molar-refractivity contribution in [3.8, 4) is 5.75 Å². The van der Waals surface area contributed by atoms with Crippen LogP contribution in [-0.4, -0.2) is 38.4 Å². The number of hydrogen-bond donors (Lipinski definition) is 1. The highest BCUT2D eigenvalue weighted by atomic mass is 16.6. The lowest BCUT2D eigenvalue weighted by atomic mass is 10.0. The van der Waals surface area contributed by atoms with E-state index in [1.54, 1.807) is 12.0 Å². The minimum Gasteiger partial charge on any atom is -0.497 e. The fourth-order valence-corrected chi connectivity index (χ4v) is 2.59. The van der Waals surface area contributed by atoms with Gasteiger partial charge in [-0.15, -0.1) is 0 Å². The third kappa shape index (κ3) is 1.80. The zero-order valence-corrected chi connectivity index (χ0v) is 10.3. The number of benzene rings is 1. The number of ether oxygens (including phenoxy) is 2. The molecular formula is C13H16N2O3. The van der Waals surface area contributed by atoms with Crippen molar-refractivity contribution < 1.29 is 14.3 Å². The van der Waals surface area contributed by atoms with E-state index in [1.807, 2.05) is 24.3 Å². The van der Waals surface area contributed by atoms with E-state index in [0.717, 1.165) is 30.9 Å². The maximum Gasteiger partial charge on any atom is 0.415 e. The number of amides is 1. The van der Waals surface area contributed by atoms with E-state index in [0.29, 0.717) is 0 Å². The first kappa shape index (κ1) is 11.3. The Labute approximate surface area is 106 Å². The van der Waals surface area contributed by atoms with Crippen LogP contribution in [0.3, 0.4) is 0 Å². The van der Waals surface area contributed by atoms with Crippen LogP contribution in [0.4, 0.5) is 10.5 Å². The number of nitrogens with zero attached hydrogens (tertiary/aromatic N) is 1. The van der Waals surface area contributed by atoms with E-state index in [2.05, 4.69) is 5.32 Å². The molecule has 1 aromatic carbocycles. The van der Waals surface area contributed by atoms with Crippen LogP contribution in [0.2, 0.25) is 0 Å². The zero-order chi connectivity index (χ0) is 12.5. The molecule has 1 N–H and O–H groups in total. The zero-order valence-electron chi connectivity index (χ0n) is 10.3.